The first-order valence-electron chi connectivity index (χ1n) is 8.75. The van der Waals surface area contributed by atoms with Gasteiger partial charge in [0, 0.05) is 12.3 Å². The number of carbonyl (C=O) groups is 4. The lowest BCUT2D eigenvalue weighted by atomic mass is 10.0. The molecule has 0 bridgehead atoms. The third kappa shape index (κ3) is 6.08. The number of likely N-dealkylation sites (tertiary alicyclic amines) is 1. The van der Waals surface area contributed by atoms with Gasteiger partial charge in [-0.3, -0.25) is 14.4 Å². The number of nitrogens with two attached hydrogens (primary N) is 1. The van der Waals surface area contributed by atoms with E-state index >= 15 is 0 Å². The Balaban J connectivity index is 2.76. The predicted octanol–water partition coefficient (Wildman–Crippen LogP) is -2.06. The number of carboxylic acids is 1. The smallest absolute Gasteiger partial charge is 0.326 e. The number of hydrogen-bond acceptors (Lipinski definition) is 7. The molecule has 10 nitrogen and oxygen atoms in total. The van der Waals surface area contributed by atoms with Crippen molar-refractivity contribution < 1.29 is 29.4 Å². The summed E-state index contributed by atoms with van der Waals surface area (Å²) in [5.74, 6) is -3.27. The van der Waals surface area contributed by atoms with Gasteiger partial charge in [0.1, 0.15) is 18.1 Å². The molecule has 1 rings (SSSR count). The molecule has 1 saturated heterocycles. The van der Waals surface area contributed by atoms with E-state index in [9.17, 15) is 29.4 Å². The molecular weight excluding hydrogens is 376 g/mol. The Labute approximate surface area is 163 Å². The molecule has 0 saturated carbocycles. The van der Waals surface area contributed by atoms with Crippen LogP contribution in [0, 0.1) is 5.92 Å². The van der Waals surface area contributed by atoms with Gasteiger partial charge in [0.15, 0.2) is 0 Å². The Morgan fingerprint density at radius 3 is 2.26 bits per heavy atom. The van der Waals surface area contributed by atoms with Crippen LogP contribution in [0.2, 0.25) is 0 Å². The first-order chi connectivity index (χ1) is 12.6. The van der Waals surface area contributed by atoms with Crippen molar-refractivity contribution >= 4 is 36.3 Å². The zero-order chi connectivity index (χ0) is 20.7. The molecule has 1 fully saturated rings. The Bertz CT molecular complexity index is 573. The van der Waals surface area contributed by atoms with Crippen molar-refractivity contribution in [2.45, 2.75) is 50.9 Å². The van der Waals surface area contributed by atoms with Crippen molar-refractivity contribution in [3.63, 3.8) is 0 Å². The number of rotatable bonds is 9. The van der Waals surface area contributed by atoms with E-state index in [4.69, 9.17) is 5.73 Å². The summed E-state index contributed by atoms with van der Waals surface area (Å²) < 4.78 is 0. The number of aliphatic hydroxyl groups excluding tert-OH is 1. The van der Waals surface area contributed by atoms with Crippen LogP contribution >= 0.6 is 12.6 Å². The molecule has 1 aliphatic rings. The van der Waals surface area contributed by atoms with E-state index in [0.29, 0.717) is 12.8 Å². The van der Waals surface area contributed by atoms with E-state index in [1.54, 1.807) is 13.8 Å². The van der Waals surface area contributed by atoms with E-state index in [1.807, 2.05) is 0 Å². The molecule has 11 heteroatoms. The van der Waals surface area contributed by atoms with Gasteiger partial charge in [0.05, 0.1) is 12.6 Å². The van der Waals surface area contributed by atoms with Crippen molar-refractivity contribution in [3.8, 4) is 0 Å². The molecule has 0 aromatic carbocycles. The lowest BCUT2D eigenvalue weighted by Gasteiger charge is -2.28. The largest absolute Gasteiger partial charge is 0.480 e. The minimum atomic E-state index is -1.29. The molecule has 3 amide bonds. The lowest BCUT2D eigenvalue weighted by Crippen LogP contribution is -2.59. The van der Waals surface area contributed by atoms with Crippen LogP contribution in [-0.2, 0) is 19.2 Å². The number of amides is 3. The normalized spacial score (nSPS) is 20.1. The number of carbonyl (C=O) groups excluding carboxylic acids is 3. The summed E-state index contributed by atoms with van der Waals surface area (Å²) >= 11 is 4.05. The van der Waals surface area contributed by atoms with Crippen LogP contribution in [0.25, 0.3) is 0 Å². The molecule has 27 heavy (non-hydrogen) atoms. The third-order valence-electron chi connectivity index (χ3n) is 4.45. The Morgan fingerprint density at radius 2 is 1.78 bits per heavy atom. The minimum absolute atomic E-state index is 0.0645. The quantitative estimate of drug-likeness (QED) is 0.241. The number of nitrogens with one attached hydrogen (secondary N) is 2. The number of carboxylic acid groups (broad SMARTS) is 1. The van der Waals surface area contributed by atoms with Gasteiger partial charge in [-0.1, -0.05) is 13.8 Å². The first-order valence-corrected chi connectivity index (χ1v) is 9.38. The maximum absolute atomic E-state index is 12.6. The van der Waals surface area contributed by atoms with Gasteiger partial charge < -0.3 is 31.5 Å². The number of hydrogen-bond donors (Lipinski definition) is 6. The topological polar surface area (TPSA) is 162 Å². The molecule has 0 aromatic rings. The third-order valence-corrected chi connectivity index (χ3v) is 4.82. The predicted molar refractivity (Wildman–Crippen MR) is 100.0 cm³/mol. The number of aliphatic carboxylic acids is 1. The maximum atomic E-state index is 12.6. The zero-order valence-corrected chi connectivity index (χ0v) is 16.3. The SMILES string of the molecule is CC(C)C(N)C(=O)NC(CO)C(=O)NC(CS)C(=O)N1CCCC1C(=O)O. The highest BCUT2D eigenvalue weighted by Crippen LogP contribution is 2.18. The van der Waals surface area contributed by atoms with Gasteiger partial charge in [0.2, 0.25) is 17.7 Å². The Morgan fingerprint density at radius 1 is 1.19 bits per heavy atom. The van der Waals surface area contributed by atoms with Gasteiger partial charge in [-0.05, 0) is 18.8 Å². The Kier molecular flexibility index (Phi) is 9.00. The molecule has 4 atom stereocenters. The van der Waals surface area contributed by atoms with Crippen LogP contribution in [-0.4, -0.2) is 81.9 Å². The van der Waals surface area contributed by atoms with Crippen molar-refractivity contribution in [2.24, 2.45) is 11.7 Å². The summed E-state index contributed by atoms with van der Waals surface area (Å²) in [6.07, 6.45) is 0.898. The highest BCUT2D eigenvalue weighted by molar-refractivity contribution is 7.80. The van der Waals surface area contributed by atoms with E-state index in [0.717, 1.165) is 0 Å². The highest BCUT2D eigenvalue weighted by Gasteiger charge is 2.38. The monoisotopic (exact) mass is 404 g/mol. The van der Waals surface area contributed by atoms with Crippen molar-refractivity contribution in [2.75, 3.05) is 18.9 Å². The highest BCUT2D eigenvalue weighted by atomic mass is 32.1. The van der Waals surface area contributed by atoms with Crippen molar-refractivity contribution in [1.29, 1.82) is 0 Å². The molecule has 154 valence electrons. The molecule has 6 N–H and O–H groups in total. The van der Waals surface area contributed by atoms with E-state index in [2.05, 4.69) is 23.3 Å². The second kappa shape index (κ2) is 10.5. The van der Waals surface area contributed by atoms with Crippen LogP contribution in [0.1, 0.15) is 26.7 Å². The molecule has 0 aromatic heterocycles. The van der Waals surface area contributed by atoms with Crippen LogP contribution in [0.3, 0.4) is 0 Å². The fraction of sp³-hybridized carbons (Fsp3) is 0.750. The molecule has 4 unspecified atom stereocenters. The summed E-state index contributed by atoms with van der Waals surface area (Å²) in [5.41, 5.74) is 5.71. The van der Waals surface area contributed by atoms with Crippen LogP contribution in [0.15, 0.2) is 0 Å². The molecule has 1 heterocycles. The molecule has 1 aliphatic heterocycles. The first kappa shape index (κ1) is 23.2. The molecule has 0 spiro atoms. The second-order valence-corrected chi connectivity index (χ2v) is 7.15. The van der Waals surface area contributed by atoms with Gasteiger partial charge >= 0.3 is 5.97 Å². The van der Waals surface area contributed by atoms with Gasteiger partial charge in [-0.2, -0.15) is 12.6 Å². The zero-order valence-electron chi connectivity index (χ0n) is 15.4. The van der Waals surface area contributed by atoms with Crippen LogP contribution in [0.5, 0.6) is 0 Å². The van der Waals surface area contributed by atoms with E-state index in [1.165, 1.54) is 4.90 Å². The van der Waals surface area contributed by atoms with E-state index < -0.39 is 54.5 Å². The summed E-state index contributed by atoms with van der Waals surface area (Å²) in [6, 6.07) is -4.15. The molecular formula is C16H28N4O6S. The Hall–Kier alpha value is -1.85. The summed E-state index contributed by atoms with van der Waals surface area (Å²) in [6.45, 7) is 3.07. The molecule has 0 aliphatic carbocycles. The second-order valence-electron chi connectivity index (χ2n) is 6.79. The maximum Gasteiger partial charge on any atom is 0.326 e. The fourth-order valence-electron chi connectivity index (χ4n) is 2.71. The summed E-state index contributed by atoms with van der Waals surface area (Å²) in [7, 11) is 0. The minimum Gasteiger partial charge on any atom is -0.480 e. The lowest BCUT2D eigenvalue weighted by molar-refractivity contribution is -0.149. The molecule has 0 radical (unpaired) electrons. The van der Waals surface area contributed by atoms with Gasteiger partial charge in [0.25, 0.3) is 0 Å². The standard InChI is InChI=1S/C16H28N4O6S/c1-8(2)12(17)14(23)18-9(6-21)13(22)19-10(7-27)15(24)20-5-3-4-11(20)16(25)26/h8-12,21,27H,3-7,17H2,1-2H3,(H,18,23)(H,19,22)(H,25,26). The average molecular weight is 404 g/mol. The number of nitrogens with zero attached hydrogens (tertiary/aromatic N) is 1. The fourth-order valence-corrected chi connectivity index (χ4v) is 2.96. The van der Waals surface area contributed by atoms with Crippen LogP contribution in [0.4, 0.5) is 0 Å². The van der Waals surface area contributed by atoms with Gasteiger partial charge in [-0.15, -0.1) is 0 Å². The average Bonchev–Trinajstić information content (AvgIpc) is 3.12. The van der Waals surface area contributed by atoms with Crippen LogP contribution < -0.4 is 16.4 Å². The van der Waals surface area contributed by atoms with Crippen molar-refractivity contribution in [3.05, 3.63) is 0 Å². The number of aliphatic hydroxyl groups is 1. The van der Waals surface area contributed by atoms with E-state index in [-0.39, 0.29) is 18.2 Å². The number of thiol groups is 1. The van der Waals surface area contributed by atoms with Gasteiger partial charge in [-0.25, -0.2) is 4.79 Å². The summed E-state index contributed by atoms with van der Waals surface area (Å²) in [5, 5.41) is 23.4. The van der Waals surface area contributed by atoms with Crippen molar-refractivity contribution in [1.82, 2.24) is 15.5 Å². The summed E-state index contributed by atoms with van der Waals surface area (Å²) in [4.78, 5) is 49.4.